The fourth-order valence-electron chi connectivity index (χ4n) is 8.96. The van der Waals surface area contributed by atoms with Crippen LogP contribution in [-0.4, -0.2) is 89.7 Å². The quantitative estimate of drug-likeness (QED) is 0.212. The third kappa shape index (κ3) is 4.95. The normalized spacial score (nSPS) is 38.5. The highest BCUT2D eigenvalue weighted by Crippen LogP contribution is 2.64. The molecule has 3 fully saturated rings. The Bertz CT molecular complexity index is 1400. The van der Waals surface area contributed by atoms with E-state index in [9.17, 15) is 24.9 Å². The van der Waals surface area contributed by atoms with E-state index in [1.165, 1.54) is 6.92 Å². The molecule has 0 spiro atoms. The topological polar surface area (TPSA) is 149 Å². The van der Waals surface area contributed by atoms with Crippen LogP contribution in [0.4, 0.5) is 0 Å². The van der Waals surface area contributed by atoms with Crippen LogP contribution in [0.3, 0.4) is 0 Å². The number of esters is 2. The van der Waals surface area contributed by atoms with Crippen LogP contribution >= 0.6 is 0 Å². The van der Waals surface area contributed by atoms with Crippen LogP contribution in [0, 0.1) is 16.7 Å². The van der Waals surface area contributed by atoms with Gasteiger partial charge in [-0.1, -0.05) is 52.8 Å². The highest BCUT2D eigenvalue weighted by molar-refractivity contribution is 6.73. The van der Waals surface area contributed by atoms with E-state index in [2.05, 4.69) is 20.8 Å². The molecule has 3 N–H and O–H groups in total. The maximum atomic E-state index is 15.4. The molecule has 11 heteroatoms. The molecule has 3 aliphatic carbocycles. The van der Waals surface area contributed by atoms with E-state index in [0.29, 0.717) is 5.57 Å². The molecule has 1 aromatic carbocycles. The molecule has 254 valence electrons. The zero-order valence-electron chi connectivity index (χ0n) is 28.3. The maximum absolute atomic E-state index is 15.4. The highest BCUT2D eigenvalue weighted by Gasteiger charge is 2.77. The van der Waals surface area contributed by atoms with E-state index in [-0.39, 0.29) is 30.6 Å². The predicted octanol–water partition coefficient (Wildman–Crippen LogP) is 4.11. The molecule has 1 heterocycles. The van der Waals surface area contributed by atoms with Crippen LogP contribution < -0.4 is 0 Å². The lowest BCUT2D eigenvalue weighted by atomic mass is 9.44. The van der Waals surface area contributed by atoms with Crippen molar-refractivity contribution in [2.45, 2.75) is 128 Å². The number of Topliss-reactive ketones (excluding diaryl/α,β-unsaturated/α-hetero) is 1. The molecule has 0 amide bonds. The third-order valence-electron chi connectivity index (χ3n) is 12.2. The molecule has 2 bridgehead atoms. The molecule has 46 heavy (non-hydrogen) atoms. The second kappa shape index (κ2) is 11.9. The summed E-state index contributed by atoms with van der Waals surface area (Å²) in [6.45, 7) is 14.1. The van der Waals surface area contributed by atoms with Gasteiger partial charge in [0.15, 0.2) is 20.2 Å². The van der Waals surface area contributed by atoms with Crippen LogP contribution in [0.5, 0.6) is 0 Å². The second-order valence-corrected chi connectivity index (χ2v) is 19.3. The first-order chi connectivity index (χ1) is 21.5. The average molecular weight is 659 g/mol. The summed E-state index contributed by atoms with van der Waals surface area (Å²) in [7, 11) is -2.42. The molecule has 9 atom stereocenters. The first-order valence-electron chi connectivity index (χ1n) is 16.6. The van der Waals surface area contributed by atoms with Gasteiger partial charge >= 0.3 is 11.9 Å². The number of carbonyl (C=O) groups excluding carboxylic acids is 3. The Labute approximate surface area is 272 Å². The number of hydrogen-bond acceptors (Lipinski definition) is 10. The van der Waals surface area contributed by atoms with Crippen molar-refractivity contribution in [3.63, 3.8) is 0 Å². The van der Waals surface area contributed by atoms with Crippen molar-refractivity contribution in [2.24, 2.45) is 16.7 Å². The summed E-state index contributed by atoms with van der Waals surface area (Å²) in [5, 5.41) is 37.0. The van der Waals surface area contributed by atoms with E-state index in [1.54, 1.807) is 58.0 Å². The molecule has 0 aromatic heterocycles. The lowest BCUT2D eigenvalue weighted by molar-refractivity contribution is -0.342. The Hall–Kier alpha value is -2.41. The monoisotopic (exact) mass is 658 g/mol. The summed E-state index contributed by atoms with van der Waals surface area (Å²) in [4.78, 5) is 42.0. The summed E-state index contributed by atoms with van der Waals surface area (Å²) in [5.41, 5.74) is -5.82. The van der Waals surface area contributed by atoms with Gasteiger partial charge in [-0.3, -0.25) is 9.59 Å². The van der Waals surface area contributed by atoms with Crippen molar-refractivity contribution < 1.29 is 48.3 Å². The average Bonchev–Trinajstić information content (AvgIpc) is 3.01. The van der Waals surface area contributed by atoms with Gasteiger partial charge in [0.2, 0.25) is 0 Å². The fraction of sp³-hybridized carbons (Fsp3) is 0.686. The summed E-state index contributed by atoms with van der Waals surface area (Å²) in [5.74, 6) is -3.22. The second-order valence-electron chi connectivity index (χ2n) is 14.5. The smallest absolute Gasteiger partial charge is 0.338 e. The van der Waals surface area contributed by atoms with Crippen molar-refractivity contribution in [3.8, 4) is 0 Å². The van der Waals surface area contributed by atoms with E-state index < -0.39 is 84.5 Å². The first-order valence-corrected chi connectivity index (χ1v) is 19.1. The Morgan fingerprint density at radius 2 is 1.63 bits per heavy atom. The number of benzene rings is 1. The largest absolute Gasteiger partial charge is 0.455 e. The van der Waals surface area contributed by atoms with Crippen molar-refractivity contribution in [1.29, 1.82) is 0 Å². The maximum Gasteiger partial charge on any atom is 0.338 e. The zero-order valence-corrected chi connectivity index (χ0v) is 29.3. The molecule has 1 aromatic rings. The van der Waals surface area contributed by atoms with Gasteiger partial charge in [0, 0.05) is 31.1 Å². The first kappa shape index (κ1) is 34.9. The van der Waals surface area contributed by atoms with E-state index >= 15 is 4.79 Å². The zero-order chi connectivity index (χ0) is 34.0. The Kier molecular flexibility index (Phi) is 9.05. The van der Waals surface area contributed by atoms with E-state index in [0.717, 1.165) is 18.1 Å². The minimum atomic E-state index is -2.42. The Morgan fingerprint density at radius 3 is 2.15 bits per heavy atom. The lowest BCUT2D eigenvalue weighted by Crippen LogP contribution is -2.81. The number of carbonyl (C=O) groups is 3. The molecule has 1 saturated heterocycles. The summed E-state index contributed by atoms with van der Waals surface area (Å²) in [6, 6.07) is 10.7. The fourth-order valence-corrected chi connectivity index (χ4v) is 11.9. The molecule has 1 aliphatic heterocycles. The Morgan fingerprint density at radius 1 is 1.02 bits per heavy atom. The number of hydrogen-bond donors (Lipinski definition) is 3. The van der Waals surface area contributed by atoms with Gasteiger partial charge in [-0.2, -0.15) is 0 Å². The summed E-state index contributed by atoms with van der Waals surface area (Å²) < 4.78 is 25.3. The molecule has 2 saturated carbocycles. The van der Waals surface area contributed by atoms with Gasteiger partial charge in [0.1, 0.15) is 17.3 Å². The number of fused-ring (bicyclic) bond motifs is 5. The van der Waals surface area contributed by atoms with Crippen LogP contribution in [0.1, 0.15) is 78.6 Å². The van der Waals surface area contributed by atoms with Gasteiger partial charge < -0.3 is 34.0 Å². The summed E-state index contributed by atoms with van der Waals surface area (Å²) in [6.07, 6.45) is -5.86. The van der Waals surface area contributed by atoms with E-state index in [4.69, 9.17) is 18.6 Å². The minimum Gasteiger partial charge on any atom is -0.455 e. The van der Waals surface area contributed by atoms with Gasteiger partial charge in [-0.05, 0) is 55.3 Å². The predicted molar refractivity (Wildman–Crippen MR) is 171 cm³/mol. The van der Waals surface area contributed by atoms with Gasteiger partial charge in [0.25, 0.3) is 0 Å². The summed E-state index contributed by atoms with van der Waals surface area (Å²) >= 11 is 0. The van der Waals surface area contributed by atoms with E-state index in [1.807, 2.05) is 0 Å². The molecular formula is C35H50O10Si. The van der Waals surface area contributed by atoms with Crippen LogP contribution in [-0.2, 0) is 28.2 Å². The van der Waals surface area contributed by atoms with Gasteiger partial charge in [-0.25, -0.2) is 4.79 Å². The van der Waals surface area contributed by atoms with Crippen LogP contribution in [0.2, 0.25) is 18.1 Å². The van der Waals surface area contributed by atoms with Crippen molar-refractivity contribution >= 4 is 26.0 Å². The molecule has 0 radical (unpaired) electrons. The number of aliphatic hydroxyl groups is 3. The lowest BCUT2D eigenvalue weighted by Gasteiger charge is -2.67. The molecule has 7 unspecified atom stereocenters. The number of ketones is 1. The van der Waals surface area contributed by atoms with Crippen molar-refractivity contribution in [2.75, 3.05) is 6.61 Å². The van der Waals surface area contributed by atoms with Crippen molar-refractivity contribution in [1.82, 2.24) is 0 Å². The molecule has 10 nitrogen and oxygen atoms in total. The molecule has 4 aliphatic rings. The SMILES string of the molecule is CC[Si](CC)(CC)O[C@H]1CC2OCC2(O)C2C(OC(=O)c3ccccc3)C3(O)CC(O)C(C)=C(C(OC(C)=O)C(=O)[C@@]21C)C3(C)C. The molecular weight excluding hydrogens is 608 g/mol. The highest BCUT2D eigenvalue weighted by atomic mass is 28.4. The number of rotatable bonds is 8. The number of aliphatic hydroxyl groups excluding tert-OH is 1. The Balaban J connectivity index is 1.83. The minimum absolute atomic E-state index is 0.158. The van der Waals surface area contributed by atoms with Crippen molar-refractivity contribution in [3.05, 3.63) is 47.0 Å². The van der Waals surface area contributed by atoms with Crippen LogP contribution in [0.15, 0.2) is 41.5 Å². The van der Waals surface area contributed by atoms with Gasteiger partial charge in [0.05, 0.1) is 35.9 Å². The van der Waals surface area contributed by atoms with Crippen LogP contribution in [0.25, 0.3) is 0 Å². The molecule has 5 rings (SSSR count). The van der Waals surface area contributed by atoms with Gasteiger partial charge in [-0.15, -0.1) is 0 Å². The number of ether oxygens (including phenoxy) is 3. The standard InChI is InChI=1S/C35H50O10Si/c1-9-46(10-2,11-3)45-24-17-25-34(40,19-42-25)28-30(44-31(39)22-15-13-12-14-16-22)35(41)18-23(37)20(4)26(32(35,6)7)27(43-21(5)36)29(38)33(24,28)8/h12-16,23-25,27-28,30,37,40-41H,9-11,17-19H2,1-8H3/t23?,24-,25?,27?,28?,30?,33+,34?,35?/m0/s1. The third-order valence-corrected chi connectivity index (χ3v) is 16.8.